The molecule has 2 rings (SSSR count). The lowest BCUT2D eigenvalue weighted by Crippen LogP contribution is -2.72. The molecule has 2 fully saturated rings. The van der Waals surface area contributed by atoms with Crippen LogP contribution < -0.4 is 5.32 Å². The van der Waals surface area contributed by atoms with Gasteiger partial charge in [-0.3, -0.25) is 18.9 Å². The molecule has 12 nitrogen and oxygen atoms in total. The number of hydrogen-bond acceptors (Lipinski definition) is 9. The van der Waals surface area contributed by atoms with Gasteiger partial charge in [0.15, 0.2) is 5.25 Å². The van der Waals surface area contributed by atoms with Gasteiger partial charge in [0.05, 0.1) is 26.3 Å². The van der Waals surface area contributed by atoms with Crippen molar-refractivity contribution in [3.63, 3.8) is 0 Å². The molecular formula is C16H35N4O8S2+. The molecule has 2 saturated heterocycles. The second-order valence-corrected chi connectivity index (χ2v) is 11.3. The third-order valence-electron chi connectivity index (χ3n) is 6.26. The Labute approximate surface area is 178 Å². The molecule has 0 aromatic heterocycles. The first-order valence-corrected chi connectivity index (χ1v) is 13.3. The number of piperazine rings is 2. The first-order chi connectivity index (χ1) is 14.0. The molecule has 3 atom stereocenters. The number of nitrogens with one attached hydrogen (secondary N) is 1. The van der Waals surface area contributed by atoms with E-state index in [1.807, 2.05) is 4.90 Å². The molecule has 30 heavy (non-hydrogen) atoms. The van der Waals surface area contributed by atoms with Gasteiger partial charge < -0.3 is 20.0 Å². The maximum Gasteiger partial charge on any atom is 0.275 e. The van der Waals surface area contributed by atoms with Crippen LogP contribution in [0.3, 0.4) is 0 Å². The highest BCUT2D eigenvalue weighted by Crippen LogP contribution is 2.24. The van der Waals surface area contributed by atoms with Crippen molar-refractivity contribution < 1.29 is 40.6 Å². The molecule has 0 bridgehead atoms. The Kier molecular flexibility index (Phi) is 9.42. The molecule has 2 aliphatic rings. The second kappa shape index (κ2) is 10.9. The molecule has 0 radical (unpaired) electrons. The zero-order valence-corrected chi connectivity index (χ0v) is 18.8. The van der Waals surface area contributed by atoms with Crippen molar-refractivity contribution in [2.24, 2.45) is 0 Å². The Hall–Kier alpha value is -0.420. The van der Waals surface area contributed by atoms with E-state index in [9.17, 15) is 31.0 Å². The van der Waals surface area contributed by atoms with Gasteiger partial charge in [-0.1, -0.05) is 0 Å². The van der Waals surface area contributed by atoms with E-state index in [2.05, 4.69) is 10.2 Å². The van der Waals surface area contributed by atoms with Gasteiger partial charge in [-0.15, -0.1) is 0 Å². The number of nitrogens with zero attached hydrogens (tertiary/aromatic N) is 3. The maximum absolute atomic E-state index is 12.4. The van der Waals surface area contributed by atoms with Gasteiger partial charge in [-0.05, 0) is 0 Å². The standard InChI is InChI=1S/C16H34N4O8S2/c21-10-6-18-2-4-19(5-3-18)14-16(30(26,27)28)15-13-17-1-7-20(15,8-11-22)9-12-29(23,24)25/h15-17,21-22H,1-14H2,(H-,23,24,25,26,27,28)/p+1. The minimum absolute atomic E-state index is 0.0157. The minimum Gasteiger partial charge on any atom is -0.395 e. The van der Waals surface area contributed by atoms with Gasteiger partial charge in [0.1, 0.15) is 18.3 Å². The Morgan fingerprint density at radius 2 is 1.60 bits per heavy atom. The van der Waals surface area contributed by atoms with Crippen molar-refractivity contribution in [2.45, 2.75) is 11.3 Å². The Balaban J connectivity index is 2.24. The highest BCUT2D eigenvalue weighted by atomic mass is 32.2. The van der Waals surface area contributed by atoms with Crippen molar-refractivity contribution in [2.75, 3.05) is 91.0 Å². The van der Waals surface area contributed by atoms with Gasteiger partial charge >= 0.3 is 0 Å². The van der Waals surface area contributed by atoms with Gasteiger partial charge in [0.25, 0.3) is 20.2 Å². The van der Waals surface area contributed by atoms with E-state index < -0.39 is 37.3 Å². The van der Waals surface area contributed by atoms with Crippen LogP contribution in [-0.2, 0) is 20.2 Å². The molecule has 14 heteroatoms. The van der Waals surface area contributed by atoms with Crippen LogP contribution in [-0.4, -0.2) is 153 Å². The SMILES string of the molecule is O=S(=O)(O)CC[N+]1(CCO)CCNCC1C(CN1CCN(CCO)CC1)S(=O)(=O)O. The van der Waals surface area contributed by atoms with Crippen molar-refractivity contribution in [3.05, 3.63) is 0 Å². The summed E-state index contributed by atoms with van der Waals surface area (Å²) in [5.41, 5.74) is 0. The molecular weight excluding hydrogens is 440 g/mol. The summed E-state index contributed by atoms with van der Waals surface area (Å²) >= 11 is 0. The van der Waals surface area contributed by atoms with Crippen LogP contribution in [0.5, 0.6) is 0 Å². The van der Waals surface area contributed by atoms with Crippen LogP contribution in [0, 0.1) is 0 Å². The fourth-order valence-electron chi connectivity index (χ4n) is 4.56. The summed E-state index contributed by atoms with van der Waals surface area (Å²) in [6.45, 7) is 4.08. The van der Waals surface area contributed by atoms with Crippen LogP contribution in [0.4, 0.5) is 0 Å². The van der Waals surface area contributed by atoms with Crippen LogP contribution in [0.2, 0.25) is 0 Å². The fourth-order valence-corrected chi connectivity index (χ4v) is 6.31. The van der Waals surface area contributed by atoms with Crippen molar-refractivity contribution in [1.82, 2.24) is 15.1 Å². The van der Waals surface area contributed by atoms with E-state index in [4.69, 9.17) is 5.11 Å². The van der Waals surface area contributed by atoms with E-state index in [0.29, 0.717) is 45.8 Å². The molecule has 3 unspecified atom stereocenters. The van der Waals surface area contributed by atoms with Gasteiger partial charge in [-0.25, -0.2) is 0 Å². The third kappa shape index (κ3) is 7.32. The summed E-state index contributed by atoms with van der Waals surface area (Å²) in [6, 6.07) is -0.682. The Morgan fingerprint density at radius 3 is 2.13 bits per heavy atom. The lowest BCUT2D eigenvalue weighted by molar-refractivity contribution is -0.950. The van der Waals surface area contributed by atoms with E-state index in [-0.39, 0.29) is 43.9 Å². The van der Waals surface area contributed by atoms with Gasteiger partial charge in [0, 0.05) is 52.4 Å². The van der Waals surface area contributed by atoms with E-state index in [1.165, 1.54) is 0 Å². The van der Waals surface area contributed by atoms with Crippen LogP contribution in [0.25, 0.3) is 0 Å². The summed E-state index contributed by atoms with van der Waals surface area (Å²) in [7, 11) is -8.74. The first kappa shape index (κ1) is 25.8. The topological polar surface area (TPSA) is 168 Å². The maximum atomic E-state index is 12.4. The lowest BCUT2D eigenvalue weighted by Gasteiger charge is -2.50. The Bertz CT molecular complexity index is 738. The average Bonchev–Trinajstić information content (AvgIpc) is 2.66. The monoisotopic (exact) mass is 475 g/mol. The molecule has 5 N–H and O–H groups in total. The van der Waals surface area contributed by atoms with Crippen molar-refractivity contribution in [1.29, 1.82) is 0 Å². The highest BCUT2D eigenvalue weighted by Gasteiger charge is 2.49. The normalized spacial score (nSPS) is 28.5. The molecule has 0 spiro atoms. The smallest absolute Gasteiger partial charge is 0.275 e. The summed E-state index contributed by atoms with van der Waals surface area (Å²) in [5, 5.41) is 20.6. The largest absolute Gasteiger partial charge is 0.395 e. The van der Waals surface area contributed by atoms with Gasteiger partial charge in [-0.2, -0.15) is 16.8 Å². The first-order valence-electron chi connectivity index (χ1n) is 10.1. The van der Waals surface area contributed by atoms with Crippen molar-refractivity contribution >= 4 is 20.2 Å². The number of β-amino-alcohol motifs (C(OH)–C–C–N with tert-alkyl or cyclic N) is 1. The number of quaternary nitrogens is 1. The van der Waals surface area contributed by atoms with E-state index in [0.717, 1.165) is 0 Å². The number of hydrogen-bond donors (Lipinski definition) is 5. The molecule has 0 aromatic carbocycles. The quantitative estimate of drug-likeness (QED) is 0.149. The van der Waals surface area contributed by atoms with Crippen LogP contribution in [0.1, 0.15) is 0 Å². The molecule has 0 saturated carbocycles. The van der Waals surface area contributed by atoms with E-state index >= 15 is 0 Å². The lowest BCUT2D eigenvalue weighted by atomic mass is 10.0. The van der Waals surface area contributed by atoms with Gasteiger partial charge in [0.2, 0.25) is 0 Å². The summed E-state index contributed by atoms with van der Waals surface area (Å²) < 4.78 is 66.8. The third-order valence-corrected chi connectivity index (χ3v) is 8.19. The molecule has 2 heterocycles. The minimum atomic E-state index is -4.48. The predicted octanol–water partition coefficient (Wildman–Crippen LogP) is -3.48. The Morgan fingerprint density at radius 1 is 0.967 bits per heavy atom. The van der Waals surface area contributed by atoms with Crippen molar-refractivity contribution in [3.8, 4) is 0 Å². The zero-order chi connectivity index (χ0) is 22.4. The zero-order valence-electron chi connectivity index (χ0n) is 17.1. The highest BCUT2D eigenvalue weighted by molar-refractivity contribution is 7.86. The molecule has 0 amide bonds. The van der Waals surface area contributed by atoms with E-state index in [1.54, 1.807) is 0 Å². The summed E-state index contributed by atoms with van der Waals surface area (Å²) in [4.78, 5) is 4.01. The van der Waals surface area contributed by atoms with Crippen LogP contribution in [0.15, 0.2) is 0 Å². The summed E-state index contributed by atoms with van der Waals surface area (Å²) in [5.74, 6) is -0.554. The second-order valence-electron chi connectivity index (χ2n) is 8.09. The van der Waals surface area contributed by atoms with Crippen LogP contribution >= 0.6 is 0 Å². The molecule has 2 aliphatic heterocycles. The summed E-state index contributed by atoms with van der Waals surface area (Å²) in [6.07, 6.45) is 0. The fraction of sp³-hybridized carbons (Fsp3) is 1.00. The molecule has 178 valence electrons. The number of aliphatic hydroxyl groups is 2. The predicted molar refractivity (Wildman–Crippen MR) is 110 cm³/mol. The number of aliphatic hydroxyl groups excluding tert-OH is 2. The number of rotatable bonds is 11. The molecule has 0 aliphatic carbocycles. The average molecular weight is 476 g/mol. The molecule has 0 aromatic rings.